The third-order valence-corrected chi connectivity index (χ3v) is 51.1. The number of aryl methyl sites for hydroxylation is 2. The van der Waals surface area contributed by atoms with E-state index in [2.05, 4.69) is 92.5 Å². The SMILES string of the molecule is CCC[SiH]=[Hf]([CH3])([CH3])([CH]1C(C)=Cc2c(C)cccc21)[CH]1C(C)=Cc2c(C)cccc21. The summed E-state index contributed by atoms with van der Waals surface area (Å²) in [4.78, 5) is 0. The van der Waals surface area contributed by atoms with Crippen LogP contribution in [0.1, 0.15) is 67.9 Å². The van der Waals surface area contributed by atoms with Gasteiger partial charge in [0.2, 0.25) is 0 Å². The number of hydrogen-bond donors (Lipinski definition) is 0. The number of benzene rings is 2. The Morgan fingerprint density at radius 1 is 0.759 bits per heavy atom. The molecule has 0 heterocycles. The van der Waals surface area contributed by atoms with Crippen LogP contribution < -0.4 is 0 Å². The fourth-order valence-corrected chi connectivity index (χ4v) is 54.7. The molecule has 2 aromatic rings. The normalized spacial score (nSPS) is 20.8. The van der Waals surface area contributed by atoms with Crippen molar-refractivity contribution in [2.75, 3.05) is 0 Å². The Hall–Kier alpha value is -0.993. The number of fused-ring (bicyclic) bond motifs is 2. The van der Waals surface area contributed by atoms with Crippen LogP contribution in [0.25, 0.3) is 12.2 Å². The third-order valence-electron chi connectivity index (χ3n) is 7.89. The summed E-state index contributed by atoms with van der Waals surface area (Å²) in [7, 11) is 0. The van der Waals surface area contributed by atoms with Crippen LogP contribution in [0, 0.1) is 13.8 Å². The van der Waals surface area contributed by atoms with Crippen molar-refractivity contribution in [2.24, 2.45) is 0 Å². The second-order valence-electron chi connectivity index (χ2n) is 10.5. The molecule has 0 fully saturated rings. The van der Waals surface area contributed by atoms with Gasteiger partial charge in [-0.2, -0.15) is 0 Å². The van der Waals surface area contributed by atoms with Gasteiger partial charge in [0, 0.05) is 0 Å². The van der Waals surface area contributed by atoms with Crippen molar-refractivity contribution in [3.63, 3.8) is 0 Å². The Bertz CT molecular complexity index is 1040. The summed E-state index contributed by atoms with van der Waals surface area (Å²) in [5, 5.41) is 0. The first-order valence-corrected chi connectivity index (χ1v) is 30.2. The fraction of sp³-hybridized carbons (Fsp3) is 0.407. The van der Waals surface area contributed by atoms with E-state index >= 15 is 0 Å². The van der Waals surface area contributed by atoms with E-state index in [4.69, 9.17) is 0 Å². The molecule has 2 heteroatoms. The van der Waals surface area contributed by atoms with E-state index < -0.39 is 17.1 Å². The first kappa shape index (κ1) is 21.2. The topological polar surface area (TPSA) is 0 Å². The zero-order chi connectivity index (χ0) is 21.0. The van der Waals surface area contributed by atoms with E-state index in [1.54, 1.807) is 22.3 Å². The van der Waals surface area contributed by atoms with Crippen LogP contribution >= 0.6 is 0 Å². The quantitative estimate of drug-likeness (QED) is 0.330. The second-order valence-corrected chi connectivity index (χ2v) is 54.6. The van der Waals surface area contributed by atoms with Gasteiger partial charge in [-0.1, -0.05) is 0 Å². The Morgan fingerprint density at radius 2 is 1.21 bits per heavy atom. The Labute approximate surface area is 179 Å². The minimum atomic E-state index is -3.45. The van der Waals surface area contributed by atoms with Gasteiger partial charge in [-0.05, 0) is 0 Å². The molecule has 0 bridgehead atoms. The second kappa shape index (κ2) is 7.30. The van der Waals surface area contributed by atoms with Crippen LogP contribution in [-0.2, 0) is 17.1 Å². The monoisotopic (exact) mass is 568 g/mol. The molecular weight excluding hydrogens is 531 g/mol. The number of hydrogen-bond acceptors (Lipinski definition) is 0. The molecule has 0 radical (unpaired) electrons. The Morgan fingerprint density at radius 3 is 1.62 bits per heavy atom. The van der Waals surface area contributed by atoms with Crippen LogP contribution in [-0.4, -0.2) is 6.22 Å². The van der Waals surface area contributed by atoms with Crippen molar-refractivity contribution < 1.29 is 17.1 Å². The molecule has 0 aromatic heterocycles. The van der Waals surface area contributed by atoms with Crippen LogP contribution in [0.4, 0.5) is 0 Å². The summed E-state index contributed by atoms with van der Waals surface area (Å²) >= 11 is -3.45. The molecule has 2 aliphatic rings. The van der Waals surface area contributed by atoms with Crippen molar-refractivity contribution in [3.05, 3.63) is 80.9 Å². The minimum absolute atomic E-state index is 0.484. The number of allylic oxidation sites excluding steroid dienone is 2. The fourth-order valence-electron chi connectivity index (χ4n) is 6.84. The van der Waals surface area contributed by atoms with Crippen molar-refractivity contribution in [2.45, 2.75) is 63.8 Å². The van der Waals surface area contributed by atoms with E-state index in [0.717, 1.165) is 0 Å². The van der Waals surface area contributed by atoms with Gasteiger partial charge in [0.15, 0.2) is 0 Å². The molecule has 0 amide bonds. The van der Waals surface area contributed by atoms with E-state index in [9.17, 15) is 0 Å². The molecule has 2 atom stereocenters. The summed E-state index contributed by atoms with van der Waals surface area (Å²) < 4.78 is 7.09. The molecule has 152 valence electrons. The molecule has 0 saturated carbocycles. The molecule has 0 aliphatic heterocycles. The van der Waals surface area contributed by atoms with Gasteiger partial charge in [-0.25, -0.2) is 0 Å². The molecule has 0 saturated heterocycles. The number of rotatable bonds is 4. The molecule has 2 unspecified atom stereocenters. The molecule has 2 aromatic carbocycles. The van der Waals surface area contributed by atoms with Crippen LogP contribution in [0.15, 0.2) is 47.5 Å². The summed E-state index contributed by atoms with van der Waals surface area (Å²) in [5.74, 6) is 0. The maximum atomic E-state index is 2.85. The van der Waals surface area contributed by atoms with Gasteiger partial charge in [-0.15, -0.1) is 0 Å². The molecule has 0 N–H and O–H groups in total. The summed E-state index contributed by atoms with van der Waals surface area (Å²) in [6.07, 6.45) is 6.89. The Kier molecular flexibility index (Phi) is 5.35. The molecule has 4 rings (SSSR count). The van der Waals surface area contributed by atoms with Gasteiger partial charge < -0.3 is 0 Å². The predicted molar refractivity (Wildman–Crippen MR) is 129 cm³/mol. The average Bonchev–Trinajstić information content (AvgIpc) is 3.19. The van der Waals surface area contributed by atoms with E-state index in [1.807, 2.05) is 0 Å². The van der Waals surface area contributed by atoms with E-state index in [-0.39, 0.29) is 0 Å². The van der Waals surface area contributed by atoms with Crippen molar-refractivity contribution in [1.29, 1.82) is 0 Å². The van der Waals surface area contributed by atoms with Gasteiger partial charge in [-0.3, -0.25) is 0 Å². The van der Waals surface area contributed by atoms with Gasteiger partial charge in [0.05, 0.1) is 0 Å². The zero-order valence-corrected chi connectivity index (χ0v) is 24.0. The van der Waals surface area contributed by atoms with Crippen molar-refractivity contribution in [1.82, 2.24) is 0 Å². The van der Waals surface area contributed by atoms with E-state index in [1.165, 1.54) is 34.7 Å². The maximum absolute atomic E-state index is 3.45. The van der Waals surface area contributed by atoms with Crippen LogP contribution in [0.2, 0.25) is 15.4 Å². The first-order valence-electron chi connectivity index (χ1n) is 11.3. The summed E-state index contributed by atoms with van der Waals surface area (Å²) in [6.45, 7) is 11.8. The predicted octanol–water partition coefficient (Wildman–Crippen LogP) is 7.89. The molecule has 0 spiro atoms. The summed E-state index contributed by atoms with van der Waals surface area (Å²) in [6, 6.07) is 15.5. The molecular formula is C27H36HfSi. The standard InChI is InChI=1S/2C11H11.C3H8Si.2CH3.Hf/c2*1-8-6-10-5-3-4-9(2)11(10)7-8;1-2-3-4;;;/h2*3-7H,1-2H3;4H,2-3H2,1H3;2*1H3;. The molecule has 0 nitrogen and oxygen atoms in total. The third kappa shape index (κ3) is 3.17. The zero-order valence-electron chi connectivity index (χ0n) is 19.3. The van der Waals surface area contributed by atoms with Gasteiger partial charge in [0.25, 0.3) is 0 Å². The van der Waals surface area contributed by atoms with Gasteiger partial charge in [0.1, 0.15) is 0 Å². The molecule has 2 aliphatic carbocycles. The average molecular weight is 567 g/mol. The van der Waals surface area contributed by atoms with Crippen LogP contribution in [0.3, 0.4) is 0 Å². The van der Waals surface area contributed by atoms with E-state index in [0.29, 0.717) is 13.6 Å². The molecule has 29 heavy (non-hydrogen) atoms. The van der Waals surface area contributed by atoms with Crippen molar-refractivity contribution in [3.8, 4) is 0 Å². The Balaban J connectivity index is 2.03. The van der Waals surface area contributed by atoms with Crippen LogP contribution in [0.5, 0.6) is 0 Å². The summed E-state index contributed by atoms with van der Waals surface area (Å²) in [5.41, 5.74) is 12.6. The van der Waals surface area contributed by atoms with Gasteiger partial charge >= 0.3 is 180 Å². The van der Waals surface area contributed by atoms with Crippen molar-refractivity contribution >= 4 is 18.4 Å². The first-order chi connectivity index (χ1) is 13.7.